The predicted molar refractivity (Wildman–Crippen MR) is 106 cm³/mol. The molecule has 0 saturated carbocycles. The monoisotopic (exact) mass is 352 g/mol. The molecule has 1 saturated heterocycles. The lowest BCUT2D eigenvalue weighted by Crippen LogP contribution is -2.54. The van der Waals surface area contributed by atoms with Gasteiger partial charge in [-0.3, -0.25) is 9.69 Å². The summed E-state index contributed by atoms with van der Waals surface area (Å²) in [6.45, 7) is 10.1. The quantitative estimate of drug-likeness (QED) is 0.839. The molecule has 0 aliphatic carbocycles. The van der Waals surface area contributed by atoms with E-state index < -0.39 is 0 Å². The van der Waals surface area contributed by atoms with Gasteiger partial charge >= 0.3 is 0 Å². The third kappa shape index (κ3) is 4.07. The summed E-state index contributed by atoms with van der Waals surface area (Å²) in [5.74, 6) is 0.931. The van der Waals surface area contributed by atoms with Crippen LogP contribution in [0.1, 0.15) is 31.1 Å². The SMILES string of the molecule is COc1cccc(-c2cccc(C(=O)N3CCN(C(C)(C)C)CC3)c2)c1. The van der Waals surface area contributed by atoms with Crippen LogP contribution in [0, 0.1) is 0 Å². The van der Waals surface area contributed by atoms with Crippen molar-refractivity contribution in [2.75, 3.05) is 33.3 Å². The average molecular weight is 352 g/mol. The van der Waals surface area contributed by atoms with Crippen LogP contribution < -0.4 is 4.74 Å². The summed E-state index contributed by atoms with van der Waals surface area (Å²) in [6.07, 6.45) is 0. The second-order valence-electron chi connectivity index (χ2n) is 7.76. The molecule has 1 fully saturated rings. The van der Waals surface area contributed by atoms with Crippen LogP contribution in [0.25, 0.3) is 11.1 Å². The van der Waals surface area contributed by atoms with E-state index in [9.17, 15) is 4.79 Å². The Hall–Kier alpha value is -2.33. The van der Waals surface area contributed by atoms with E-state index in [1.54, 1.807) is 7.11 Å². The van der Waals surface area contributed by atoms with E-state index >= 15 is 0 Å². The van der Waals surface area contributed by atoms with E-state index in [0.29, 0.717) is 0 Å². The molecule has 0 atom stereocenters. The highest BCUT2D eigenvalue weighted by Crippen LogP contribution is 2.25. The smallest absolute Gasteiger partial charge is 0.253 e. The first kappa shape index (κ1) is 18.5. The molecule has 1 aliphatic heterocycles. The number of amides is 1. The maximum absolute atomic E-state index is 12.9. The van der Waals surface area contributed by atoms with Crippen LogP contribution >= 0.6 is 0 Å². The van der Waals surface area contributed by atoms with Crippen molar-refractivity contribution in [3.05, 3.63) is 54.1 Å². The first-order valence-electron chi connectivity index (χ1n) is 9.17. The standard InChI is InChI=1S/C22H28N2O2/c1-22(2,3)24-13-11-23(12-14-24)21(25)19-9-5-7-17(15-19)18-8-6-10-20(16-18)26-4/h5-10,15-16H,11-14H2,1-4H3. The fraction of sp³-hybridized carbons (Fsp3) is 0.409. The highest BCUT2D eigenvalue weighted by atomic mass is 16.5. The normalized spacial score (nSPS) is 15.8. The number of hydrogen-bond donors (Lipinski definition) is 0. The zero-order valence-corrected chi connectivity index (χ0v) is 16.2. The average Bonchev–Trinajstić information content (AvgIpc) is 2.67. The minimum absolute atomic E-state index is 0.114. The molecular weight excluding hydrogens is 324 g/mol. The van der Waals surface area contributed by atoms with Gasteiger partial charge in [0, 0.05) is 37.3 Å². The predicted octanol–water partition coefficient (Wildman–Crippen LogP) is 3.92. The van der Waals surface area contributed by atoms with Crippen molar-refractivity contribution < 1.29 is 9.53 Å². The number of ether oxygens (including phenoxy) is 1. The summed E-state index contributed by atoms with van der Waals surface area (Å²) < 4.78 is 5.31. The van der Waals surface area contributed by atoms with Crippen molar-refractivity contribution in [1.29, 1.82) is 0 Å². The Balaban J connectivity index is 1.75. The highest BCUT2D eigenvalue weighted by Gasteiger charge is 2.28. The van der Waals surface area contributed by atoms with Crippen molar-refractivity contribution in [3.8, 4) is 16.9 Å². The van der Waals surface area contributed by atoms with Gasteiger partial charge in [-0.25, -0.2) is 0 Å². The molecule has 4 heteroatoms. The lowest BCUT2D eigenvalue weighted by molar-refractivity contribution is 0.0451. The maximum atomic E-state index is 12.9. The Kier molecular flexibility index (Phi) is 5.33. The van der Waals surface area contributed by atoms with E-state index in [1.165, 1.54) is 0 Å². The van der Waals surface area contributed by atoms with E-state index in [4.69, 9.17) is 4.74 Å². The number of carbonyl (C=O) groups is 1. The van der Waals surface area contributed by atoms with Gasteiger partial charge in [0.05, 0.1) is 7.11 Å². The molecular formula is C22H28N2O2. The van der Waals surface area contributed by atoms with Gasteiger partial charge in [0.1, 0.15) is 5.75 Å². The van der Waals surface area contributed by atoms with Crippen molar-refractivity contribution in [3.63, 3.8) is 0 Å². The van der Waals surface area contributed by atoms with Crippen LogP contribution in [0.2, 0.25) is 0 Å². The third-order valence-corrected chi connectivity index (χ3v) is 5.03. The van der Waals surface area contributed by atoms with Crippen LogP contribution in [-0.2, 0) is 0 Å². The Morgan fingerprint density at radius 3 is 2.15 bits per heavy atom. The minimum Gasteiger partial charge on any atom is -0.497 e. The molecule has 0 unspecified atom stereocenters. The Morgan fingerprint density at radius 1 is 0.923 bits per heavy atom. The van der Waals surface area contributed by atoms with Crippen LogP contribution in [0.15, 0.2) is 48.5 Å². The van der Waals surface area contributed by atoms with Crippen molar-refractivity contribution in [2.24, 2.45) is 0 Å². The van der Waals surface area contributed by atoms with E-state index in [2.05, 4.69) is 25.7 Å². The second-order valence-corrected chi connectivity index (χ2v) is 7.76. The molecule has 1 amide bonds. The molecule has 4 nitrogen and oxygen atoms in total. The van der Waals surface area contributed by atoms with Crippen LogP contribution in [0.5, 0.6) is 5.75 Å². The summed E-state index contributed by atoms with van der Waals surface area (Å²) in [5, 5.41) is 0. The molecule has 2 aromatic rings. The molecule has 0 spiro atoms. The zero-order chi connectivity index (χ0) is 18.7. The maximum Gasteiger partial charge on any atom is 0.253 e. The number of piperazine rings is 1. The second kappa shape index (κ2) is 7.50. The van der Waals surface area contributed by atoms with Crippen molar-refractivity contribution in [2.45, 2.75) is 26.3 Å². The van der Waals surface area contributed by atoms with Crippen LogP contribution in [-0.4, -0.2) is 54.5 Å². The summed E-state index contributed by atoms with van der Waals surface area (Å²) >= 11 is 0. The van der Waals surface area contributed by atoms with Gasteiger partial charge in [0.15, 0.2) is 0 Å². The Labute approximate surface area is 156 Å². The number of hydrogen-bond acceptors (Lipinski definition) is 3. The molecule has 3 rings (SSSR count). The van der Waals surface area contributed by atoms with Crippen molar-refractivity contribution >= 4 is 5.91 Å². The van der Waals surface area contributed by atoms with E-state index in [1.807, 2.05) is 53.4 Å². The molecule has 0 aromatic heterocycles. The number of benzene rings is 2. The summed E-state index contributed by atoms with van der Waals surface area (Å²) in [7, 11) is 1.66. The van der Waals surface area contributed by atoms with Gasteiger partial charge in [-0.1, -0.05) is 24.3 Å². The van der Waals surface area contributed by atoms with Crippen molar-refractivity contribution in [1.82, 2.24) is 9.80 Å². The fourth-order valence-corrected chi connectivity index (χ4v) is 3.40. The van der Waals surface area contributed by atoms with E-state index in [-0.39, 0.29) is 11.4 Å². The van der Waals surface area contributed by atoms with Crippen LogP contribution in [0.4, 0.5) is 0 Å². The molecule has 0 bridgehead atoms. The summed E-state index contributed by atoms with van der Waals surface area (Å²) in [5.41, 5.74) is 2.98. The fourth-order valence-electron chi connectivity index (χ4n) is 3.40. The molecule has 2 aromatic carbocycles. The molecule has 1 heterocycles. The number of rotatable bonds is 3. The zero-order valence-electron chi connectivity index (χ0n) is 16.2. The molecule has 138 valence electrons. The number of nitrogens with zero attached hydrogens (tertiary/aromatic N) is 2. The number of methoxy groups -OCH3 is 1. The third-order valence-electron chi connectivity index (χ3n) is 5.03. The summed E-state index contributed by atoms with van der Waals surface area (Å²) in [6, 6.07) is 15.8. The largest absolute Gasteiger partial charge is 0.497 e. The molecule has 0 N–H and O–H groups in total. The van der Waals surface area contributed by atoms with Crippen LogP contribution in [0.3, 0.4) is 0 Å². The number of carbonyl (C=O) groups excluding carboxylic acids is 1. The van der Waals surface area contributed by atoms with Gasteiger partial charge in [0.25, 0.3) is 5.91 Å². The summed E-state index contributed by atoms with van der Waals surface area (Å²) in [4.78, 5) is 17.3. The Morgan fingerprint density at radius 2 is 1.54 bits per heavy atom. The van der Waals surface area contributed by atoms with Gasteiger partial charge in [-0.15, -0.1) is 0 Å². The lowest BCUT2D eigenvalue weighted by atomic mass is 10.0. The van der Waals surface area contributed by atoms with E-state index in [0.717, 1.165) is 48.6 Å². The molecule has 1 aliphatic rings. The highest BCUT2D eigenvalue weighted by molar-refractivity contribution is 5.95. The first-order chi connectivity index (χ1) is 12.4. The lowest BCUT2D eigenvalue weighted by Gasteiger charge is -2.42. The first-order valence-corrected chi connectivity index (χ1v) is 9.17. The molecule has 26 heavy (non-hydrogen) atoms. The van der Waals surface area contributed by atoms with Gasteiger partial charge < -0.3 is 9.64 Å². The Bertz CT molecular complexity index is 772. The van der Waals surface area contributed by atoms with Gasteiger partial charge in [0.2, 0.25) is 0 Å². The topological polar surface area (TPSA) is 32.8 Å². The van der Waals surface area contributed by atoms with Gasteiger partial charge in [-0.05, 0) is 56.2 Å². The molecule has 0 radical (unpaired) electrons. The van der Waals surface area contributed by atoms with Gasteiger partial charge in [-0.2, -0.15) is 0 Å². The minimum atomic E-state index is 0.114.